The van der Waals surface area contributed by atoms with Crippen molar-refractivity contribution in [1.82, 2.24) is 5.32 Å². The van der Waals surface area contributed by atoms with Crippen molar-refractivity contribution < 1.29 is 9.47 Å². The highest BCUT2D eigenvalue weighted by atomic mass is 79.9. The summed E-state index contributed by atoms with van der Waals surface area (Å²) in [6.45, 7) is 2.68. The van der Waals surface area contributed by atoms with E-state index < -0.39 is 0 Å². The Morgan fingerprint density at radius 3 is 2.94 bits per heavy atom. The highest BCUT2D eigenvalue weighted by molar-refractivity contribution is 9.10. The van der Waals surface area contributed by atoms with E-state index in [0.29, 0.717) is 0 Å². The Hall–Kier alpha value is -0.580. The summed E-state index contributed by atoms with van der Waals surface area (Å²) in [5.74, 6) is 0.909. The van der Waals surface area contributed by atoms with E-state index in [0.717, 1.165) is 42.8 Å². The second-order valence-corrected chi connectivity index (χ2v) is 5.82. The van der Waals surface area contributed by atoms with Crippen LogP contribution in [0.4, 0.5) is 0 Å². The fourth-order valence-electron chi connectivity index (χ4n) is 2.58. The molecule has 18 heavy (non-hydrogen) atoms. The molecule has 0 aromatic heterocycles. The van der Waals surface area contributed by atoms with Gasteiger partial charge in [-0.05, 0) is 43.7 Å². The second-order valence-electron chi connectivity index (χ2n) is 4.97. The molecular formula is C14H20BrNO2. The maximum absolute atomic E-state index is 5.60. The first kappa shape index (κ1) is 13.8. The normalized spacial score (nSPS) is 23.3. The molecule has 0 radical (unpaired) electrons. The molecule has 1 N–H and O–H groups in total. The Balaban J connectivity index is 2.20. The van der Waals surface area contributed by atoms with E-state index in [1.807, 2.05) is 13.1 Å². The predicted octanol–water partition coefficient (Wildman–Crippen LogP) is 2.63. The molecule has 3 nitrogen and oxygen atoms in total. The quantitative estimate of drug-likeness (QED) is 0.906. The van der Waals surface area contributed by atoms with Gasteiger partial charge in [0.1, 0.15) is 5.75 Å². The average Bonchev–Trinajstić information content (AvgIpc) is 2.81. The third-order valence-corrected chi connectivity index (χ3v) is 4.33. The minimum Gasteiger partial charge on any atom is -0.497 e. The summed E-state index contributed by atoms with van der Waals surface area (Å²) in [5.41, 5.74) is 1.50. The molecular weight excluding hydrogens is 294 g/mol. The lowest BCUT2D eigenvalue weighted by atomic mass is 9.81. The zero-order valence-electron chi connectivity index (χ0n) is 11.0. The number of halogens is 1. The highest BCUT2D eigenvalue weighted by Gasteiger charge is 2.34. The van der Waals surface area contributed by atoms with Crippen molar-refractivity contribution in [3.8, 4) is 5.75 Å². The fourth-order valence-corrected chi connectivity index (χ4v) is 2.97. The maximum Gasteiger partial charge on any atom is 0.119 e. The number of benzene rings is 1. The van der Waals surface area contributed by atoms with Crippen molar-refractivity contribution in [2.45, 2.75) is 12.8 Å². The zero-order valence-corrected chi connectivity index (χ0v) is 12.5. The number of nitrogens with one attached hydrogen (secondary N) is 1. The molecule has 0 amide bonds. The van der Waals surface area contributed by atoms with E-state index >= 15 is 0 Å². The van der Waals surface area contributed by atoms with Gasteiger partial charge in [-0.2, -0.15) is 0 Å². The van der Waals surface area contributed by atoms with Crippen LogP contribution in [0.1, 0.15) is 12.0 Å². The van der Waals surface area contributed by atoms with Gasteiger partial charge in [0, 0.05) is 23.0 Å². The Morgan fingerprint density at radius 2 is 2.33 bits per heavy atom. The number of hydrogen-bond donors (Lipinski definition) is 1. The topological polar surface area (TPSA) is 30.5 Å². The van der Waals surface area contributed by atoms with Crippen molar-refractivity contribution in [1.29, 1.82) is 0 Å². The highest BCUT2D eigenvalue weighted by Crippen LogP contribution is 2.35. The Labute approximate surface area is 117 Å². The lowest BCUT2D eigenvalue weighted by Crippen LogP contribution is -2.35. The number of ether oxygens (including phenoxy) is 2. The molecule has 1 aliphatic rings. The molecule has 4 heteroatoms. The van der Waals surface area contributed by atoms with Gasteiger partial charge in [0.25, 0.3) is 0 Å². The first-order valence-electron chi connectivity index (χ1n) is 6.24. The minimum absolute atomic E-state index is 0.212. The molecule has 1 unspecified atom stereocenters. The number of hydrogen-bond acceptors (Lipinski definition) is 3. The van der Waals surface area contributed by atoms with Gasteiger partial charge < -0.3 is 14.8 Å². The van der Waals surface area contributed by atoms with Crippen LogP contribution in [0.5, 0.6) is 5.75 Å². The molecule has 1 saturated heterocycles. The van der Waals surface area contributed by atoms with Crippen molar-refractivity contribution in [2.24, 2.45) is 5.41 Å². The first-order valence-corrected chi connectivity index (χ1v) is 7.03. The van der Waals surface area contributed by atoms with Crippen molar-refractivity contribution in [3.63, 3.8) is 0 Å². The van der Waals surface area contributed by atoms with Crippen LogP contribution in [0.3, 0.4) is 0 Å². The summed E-state index contributed by atoms with van der Waals surface area (Å²) in [5, 5.41) is 3.29. The molecule has 0 aliphatic carbocycles. The van der Waals surface area contributed by atoms with Crippen LogP contribution < -0.4 is 10.1 Å². The molecule has 100 valence electrons. The fraction of sp³-hybridized carbons (Fsp3) is 0.571. The van der Waals surface area contributed by atoms with Crippen LogP contribution >= 0.6 is 15.9 Å². The van der Waals surface area contributed by atoms with E-state index in [1.165, 1.54) is 5.56 Å². The van der Waals surface area contributed by atoms with Crippen molar-refractivity contribution in [2.75, 3.05) is 33.9 Å². The number of rotatable bonds is 5. The minimum atomic E-state index is 0.212. The van der Waals surface area contributed by atoms with Gasteiger partial charge in [0.2, 0.25) is 0 Å². The third kappa shape index (κ3) is 3.05. The Bertz CT molecular complexity index is 403. The largest absolute Gasteiger partial charge is 0.497 e. The van der Waals surface area contributed by atoms with E-state index in [1.54, 1.807) is 7.11 Å². The first-order chi connectivity index (χ1) is 8.69. The lowest BCUT2D eigenvalue weighted by Gasteiger charge is -2.27. The Kier molecular flexibility index (Phi) is 4.65. The molecule has 1 fully saturated rings. The van der Waals surface area contributed by atoms with Crippen LogP contribution in [-0.2, 0) is 11.2 Å². The van der Waals surface area contributed by atoms with Gasteiger partial charge in [-0.25, -0.2) is 0 Å². The summed E-state index contributed by atoms with van der Waals surface area (Å²) >= 11 is 3.63. The molecule has 0 bridgehead atoms. The van der Waals surface area contributed by atoms with Crippen LogP contribution in [-0.4, -0.2) is 33.9 Å². The van der Waals surface area contributed by atoms with Gasteiger partial charge in [-0.1, -0.05) is 15.9 Å². The summed E-state index contributed by atoms with van der Waals surface area (Å²) in [6.07, 6.45) is 2.11. The molecule has 0 spiro atoms. The average molecular weight is 314 g/mol. The van der Waals surface area contributed by atoms with Gasteiger partial charge in [-0.3, -0.25) is 0 Å². The summed E-state index contributed by atoms with van der Waals surface area (Å²) in [4.78, 5) is 0. The van der Waals surface area contributed by atoms with Gasteiger partial charge in [0.05, 0.1) is 13.7 Å². The van der Waals surface area contributed by atoms with Crippen molar-refractivity contribution in [3.05, 3.63) is 28.2 Å². The SMILES string of the molecule is CNCC1(Cc2cc(OC)ccc2Br)CCOC1. The van der Waals surface area contributed by atoms with Gasteiger partial charge in [0.15, 0.2) is 0 Å². The third-order valence-electron chi connectivity index (χ3n) is 3.56. The summed E-state index contributed by atoms with van der Waals surface area (Å²) in [7, 11) is 3.70. The van der Waals surface area contributed by atoms with Gasteiger partial charge >= 0.3 is 0 Å². The zero-order chi connectivity index (χ0) is 13.0. The second kappa shape index (κ2) is 6.04. The van der Waals surface area contributed by atoms with E-state index in [9.17, 15) is 0 Å². The predicted molar refractivity (Wildman–Crippen MR) is 76.2 cm³/mol. The van der Waals surface area contributed by atoms with E-state index in [4.69, 9.17) is 9.47 Å². The monoisotopic (exact) mass is 313 g/mol. The molecule has 2 rings (SSSR count). The molecule has 1 aromatic carbocycles. The van der Waals surface area contributed by atoms with Crippen LogP contribution in [0.15, 0.2) is 22.7 Å². The number of methoxy groups -OCH3 is 1. The molecule has 1 aliphatic heterocycles. The summed E-state index contributed by atoms with van der Waals surface area (Å²) < 4.78 is 12.0. The molecule has 1 aromatic rings. The lowest BCUT2D eigenvalue weighted by molar-refractivity contribution is 0.150. The summed E-state index contributed by atoms with van der Waals surface area (Å²) in [6, 6.07) is 6.14. The van der Waals surface area contributed by atoms with Gasteiger partial charge in [-0.15, -0.1) is 0 Å². The standard InChI is InChI=1S/C14H20BrNO2/c1-16-9-14(5-6-18-10-14)8-11-7-12(17-2)3-4-13(11)15/h3-4,7,16H,5-6,8-10H2,1-2H3. The molecule has 0 saturated carbocycles. The van der Waals surface area contributed by atoms with Crippen molar-refractivity contribution >= 4 is 15.9 Å². The molecule has 1 atom stereocenters. The van der Waals surface area contributed by atoms with Crippen LogP contribution in [0, 0.1) is 5.41 Å². The maximum atomic E-state index is 5.60. The van der Waals surface area contributed by atoms with Crippen LogP contribution in [0.25, 0.3) is 0 Å². The molecule has 1 heterocycles. The van der Waals surface area contributed by atoms with Crippen LogP contribution in [0.2, 0.25) is 0 Å². The Morgan fingerprint density at radius 1 is 1.50 bits per heavy atom. The smallest absolute Gasteiger partial charge is 0.119 e. The van der Waals surface area contributed by atoms with E-state index in [-0.39, 0.29) is 5.41 Å². The van der Waals surface area contributed by atoms with E-state index in [2.05, 4.69) is 33.4 Å².